The van der Waals surface area contributed by atoms with Crippen molar-refractivity contribution in [2.45, 2.75) is 89.6 Å². The highest BCUT2D eigenvalue weighted by Crippen LogP contribution is 2.57. The van der Waals surface area contributed by atoms with Gasteiger partial charge in [0, 0.05) is 19.4 Å². The predicted molar refractivity (Wildman–Crippen MR) is 85.2 cm³/mol. The van der Waals surface area contributed by atoms with E-state index >= 15 is 0 Å². The van der Waals surface area contributed by atoms with Crippen LogP contribution in [0.3, 0.4) is 0 Å². The van der Waals surface area contributed by atoms with Crippen LogP contribution >= 0.6 is 0 Å². The third-order valence-corrected chi connectivity index (χ3v) is 6.02. The van der Waals surface area contributed by atoms with E-state index in [4.69, 9.17) is 4.74 Å². The maximum atomic E-state index is 11.5. The molecule has 0 saturated heterocycles. The van der Waals surface area contributed by atoms with E-state index in [1.54, 1.807) is 0 Å². The zero-order valence-electron chi connectivity index (χ0n) is 13.7. The van der Waals surface area contributed by atoms with Crippen molar-refractivity contribution in [2.24, 2.45) is 17.8 Å². The minimum Gasteiger partial charge on any atom is -0.375 e. The highest BCUT2D eigenvalue weighted by molar-refractivity contribution is 5.78. The van der Waals surface area contributed by atoms with Gasteiger partial charge in [-0.25, -0.2) is 0 Å². The number of hydrogen-bond acceptors (Lipinski definition) is 2. The van der Waals surface area contributed by atoms with E-state index in [1.165, 1.54) is 38.5 Å². The number of ether oxygens (including phenoxy) is 1. The molecule has 0 N–H and O–H groups in total. The van der Waals surface area contributed by atoms with Gasteiger partial charge in [-0.15, -0.1) is 0 Å². The van der Waals surface area contributed by atoms with Gasteiger partial charge in [0.1, 0.15) is 5.78 Å². The van der Waals surface area contributed by atoms with Gasteiger partial charge in [0.15, 0.2) is 0 Å². The van der Waals surface area contributed by atoms with Crippen LogP contribution in [0.4, 0.5) is 0 Å². The lowest BCUT2D eigenvalue weighted by atomic mass is 9.54. The summed E-state index contributed by atoms with van der Waals surface area (Å²) in [6, 6.07) is 0. The summed E-state index contributed by atoms with van der Waals surface area (Å²) < 4.78 is 6.41. The Balaban J connectivity index is 1.32. The van der Waals surface area contributed by atoms with Crippen LogP contribution in [-0.4, -0.2) is 18.0 Å². The molecular formula is C19H32O2. The molecule has 4 bridgehead atoms. The Morgan fingerprint density at radius 1 is 0.952 bits per heavy atom. The zero-order chi connectivity index (χ0) is 14.7. The first-order valence-electron chi connectivity index (χ1n) is 9.35. The van der Waals surface area contributed by atoms with Crippen LogP contribution in [0.25, 0.3) is 0 Å². The van der Waals surface area contributed by atoms with Crippen molar-refractivity contribution in [3.8, 4) is 0 Å². The Morgan fingerprint density at radius 3 is 2.14 bits per heavy atom. The molecular weight excluding hydrogens is 260 g/mol. The van der Waals surface area contributed by atoms with Gasteiger partial charge in [-0.05, 0) is 75.5 Å². The summed E-state index contributed by atoms with van der Waals surface area (Å²) >= 11 is 0. The van der Waals surface area contributed by atoms with Crippen LogP contribution in [0.5, 0.6) is 0 Å². The zero-order valence-corrected chi connectivity index (χ0v) is 13.7. The largest absolute Gasteiger partial charge is 0.375 e. The standard InChI is InChI=1S/C19H32O2/c1-2-6-18(20)7-4-3-5-8-21-19-12-15-9-16(13-19)11-17(10-15)14-19/h15-17H,2-14H2,1H3. The summed E-state index contributed by atoms with van der Waals surface area (Å²) in [5, 5.41) is 0. The van der Waals surface area contributed by atoms with Crippen molar-refractivity contribution in [2.75, 3.05) is 6.61 Å². The van der Waals surface area contributed by atoms with Crippen LogP contribution in [0, 0.1) is 17.8 Å². The van der Waals surface area contributed by atoms with E-state index in [0.717, 1.165) is 62.9 Å². The summed E-state index contributed by atoms with van der Waals surface area (Å²) in [5.41, 5.74) is 0.271. The number of hydrogen-bond donors (Lipinski definition) is 0. The van der Waals surface area contributed by atoms with E-state index in [1.807, 2.05) is 0 Å². The summed E-state index contributed by atoms with van der Waals surface area (Å²) in [7, 11) is 0. The molecule has 120 valence electrons. The lowest BCUT2D eigenvalue weighted by Gasteiger charge is -2.56. The van der Waals surface area contributed by atoms with Crippen molar-refractivity contribution in [1.82, 2.24) is 0 Å². The van der Waals surface area contributed by atoms with Crippen molar-refractivity contribution >= 4 is 5.78 Å². The molecule has 0 aromatic heterocycles. The number of carbonyl (C=O) groups excluding carboxylic acids is 1. The SMILES string of the molecule is CCCC(=O)CCCCCOC12CC3CC(CC(C3)C1)C2. The quantitative estimate of drug-likeness (QED) is 0.565. The first kappa shape index (κ1) is 15.5. The van der Waals surface area contributed by atoms with Gasteiger partial charge in [0.2, 0.25) is 0 Å². The molecule has 0 atom stereocenters. The molecule has 4 fully saturated rings. The first-order valence-corrected chi connectivity index (χ1v) is 9.35. The molecule has 0 aromatic carbocycles. The Labute approximate surface area is 130 Å². The maximum absolute atomic E-state index is 11.5. The van der Waals surface area contributed by atoms with Gasteiger partial charge in [-0.2, -0.15) is 0 Å². The van der Waals surface area contributed by atoms with Crippen molar-refractivity contribution < 1.29 is 9.53 Å². The van der Waals surface area contributed by atoms with Crippen molar-refractivity contribution in [3.63, 3.8) is 0 Å². The number of Topliss-reactive ketones (excluding diaryl/α,β-unsaturated/α-hetero) is 1. The molecule has 0 heterocycles. The molecule has 2 heteroatoms. The van der Waals surface area contributed by atoms with Crippen molar-refractivity contribution in [3.05, 3.63) is 0 Å². The lowest BCUT2D eigenvalue weighted by molar-refractivity contribution is -0.162. The second-order valence-corrected chi connectivity index (χ2v) is 8.05. The van der Waals surface area contributed by atoms with Gasteiger partial charge in [0.25, 0.3) is 0 Å². The first-order chi connectivity index (χ1) is 10.2. The van der Waals surface area contributed by atoms with Crippen LogP contribution in [0.15, 0.2) is 0 Å². The maximum Gasteiger partial charge on any atom is 0.132 e. The second kappa shape index (κ2) is 6.81. The number of carbonyl (C=O) groups is 1. The molecule has 0 radical (unpaired) electrons. The number of unbranched alkanes of at least 4 members (excludes halogenated alkanes) is 2. The minimum absolute atomic E-state index is 0.271. The minimum atomic E-state index is 0.271. The normalized spacial score (nSPS) is 37.1. The highest BCUT2D eigenvalue weighted by atomic mass is 16.5. The van der Waals surface area contributed by atoms with Crippen molar-refractivity contribution in [1.29, 1.82) is 0 Å². The molecule has 0 aliphatic heterocycles. The van der Waals surface area contributed by atoms with Crippen LogP contribution in [-0.2, 0) is 9.53 Å². The van der Waals surface area contributed by atoms with E-state index in [9.17, 15) is 4.79 Å². The molecule has 0 unspecified atom stereocenters. The molecule has 2 nitrogen and oxygen atoms in total. The molecule has 0 spiro atoms. The monoisotopic (exact) mass is 292 g/mol. The summed E-state index contributed by atoms with van der Waals surface area (Å²) in [6.07, 6.45) is 14.4. The second-order valence-electron chi connectivity index (χ2n) is 8.05. The van der Waals surface area contributed by atoms with Crippen LogP contribution < -0.4 is 0 Å². The molecule has 0 amide bonds. The highest BCUT2D eigenvalue weighted by Gasteiger charge is 2.51. The Hall–Kier alpha value is -0.370. The molecule has 4 saturated carbocycles. The summed E-state index contributed by atoms with van der Waals surface area (Å²) in [5.74, 6) is 3.37. The summed E-state index contributed by atoms with van der Waals surface area (Å²) in [4.78, 5) is 11.5. The van der Waals surface area contributed by atoms with E-state index in [-0.39, 0.29) is 5.60 Å². The molecule has 4 rings (SSSR count). The van der Waals surface area contributed by atoms with Gasteiger partial charge in [-0.1, -0.05) is 13.3 Å². The van der Waals surface area contributed by atoms with E-state index in [2.05, 4.69) is 6.92 Å². The Morgan fingerprint density at radius 2 is 1.57 bits per heavy atom. The topological polar surface area (TPSA) is 26.3 Å². The van der Waals surface area contributed by atoms with Gasteiger partial charge < -0.3 is 4.74 Å². The smallest absolute Gasteiger partial charge is 0.132 e. The van der Waals surface area contributed by atoms with Gasteiger partial charge in [-0.3, -0.25) is 4.79 Å². The Bertz CT molecular complexity index is 325. The van der Waals surface area contributed by atoms with E-state index in [0.29, 0.717) is 5.78 Å². The third-order valence-electron chi connectivity index (χ3n) is 6.02. The third kappa shape index (κ3) is 3.88. The summed E-state index contributed by atoms with van der Waals surface area (Å²) in [6.45, 7) is 3.01. The van der Waals surface area contributed by atoms with Gasteiger partial charge >= 0.3 is 0 Å². The fraction of sp³-hybridized carbons (Fsp3) is 0.947. The molecule has 4 aliphatic carbocycles. The van der Waals surface area contributed by atoms with Crippen LogP contribution in [0.1, 0.15) is 84.0 Å². The Kier molecular flexibility index (Phi) is 5.03. The average Bonchev–Trinajstić information content (AvgIpc) is 2.41. The number of rotatable bonds is 9. The molecule has 21 heavy (non-hydrogen) atoms. The van der Waals surface area contributed by atoms with Crippen LogP contribution in [0.2, 0.25) is 0 Å². The van der Waals surface area contributed by atoms with Gasteiger partial charge in [0.05, 0.1) is 5.60 Å². The fourth-order valence-corrected chi connectivity index (χ4v) is 5.50. The molecule has 0 aromatic rings. The lowest BCUT2D eigenvalue weighted by Crippen LogP contribution is -2.52. The van der Waals surface area contributed by atoms with E-state index < -0.39 is 0 Å². The molecule has 4 aliphatic rings. The average molecular weight is 292 g/mol. The fourth-order valence-electron chi connectivity index (χ4n) is 5.50. The predicted octanol–water partition coefficient (Wildman–Crippen LogP) is 4.90. The number of ketones is 1.